The van der Waals surface area contributed by atoms with E-state index in [1.807, 2.05) is 6.07 Å². The Kier molecular flexibility index (Phi) is 3.26. The van der Waals surface area contributed by atoms with E-state index in [1.54, 1.807) is 18.2 Å². The first-order chi connectivity index (χ1) is 8.70. The number of phenolic OH excluding ortho intramolecular Hbond substituents is 1. The number of furan rings is 1. The smallest absolute Gasteiger partial charge is 0.238 e. The van der Waals surface area contributed by atoms with Crippen LogP contribution in [0, 0.1) is 11.3 Å². The van der Waals surface area contributed by atoms with Crippen LogP contribution in [0.1, 0.15) is 16.1 Å². The van der Waals surface area contributed by atoms with Gasteiger partial charge in [-0.2, -0.15) is 5.26 Å². The molecule has 0 aliphatic carbocycles. The number of aromatic hydroxyl groups is 1. The van der Waals surface area contributed by atoms with Crippen LogP contribution in [0.4, 0.5) is 0 Å². The number of benzene rings is 1. The second-order valence-corrected chi connectivity index (χ2v) is 3.57. The number of phenols is 1. The summed E-state index contributed by atoms with van der Waals surface area (Å²) >= 11 is 0. The van der Waals surface area contributed by atoms with E-state index in [9.17, 15) is 9.90 Å². The minimum absolute atomic E-state index is 0.0458. The van der Waals surface area contributed by atoms with Gasteiger partial charge in [0.15, 0.2) is 5.76 Å². The maximum atomic E-state index is 11.9. The predicted molar refractivity (Wildman–Crippen MR) is 64.7 cm³/mol. The molecule has 0 fully saturated rings. The summed E-state index contributed by atoms with van der Waals surface area (Å²) in [4.78, 5) is 11.9. The van der Waals surface area contributed by atoms with Crippen molar-refractivity contribution in [1.82, 2.24) is 0 Å². The zero-order valence-corrected chi connectivity index (χ0v) is 9.33. The molecule has 0 radical (unpaired) electrons. The lowest BCUT2D eigenvalue weighted by molar-refractivity contribution is 0.101. The Hall–Kier alpha value is -2.80. The van der Waals surface area contributed by atoms with E-state index in [0.717, 1.165) is 0 Å². The first-order valence-electron chi connectivity index (χ1n) is 5.20. The fraction of sp³-hybridized carbons (Fsp3) is 0. The van der Waals surface area contributed by atoms with Crippen LogP contribution >= 0.6 is 0 Å². The van der Waals surface area contributed by atoms with Crippen molar-refractivity contribution in [2.45, 2.75) is 0 Å². The van der Waals surface area contributed by atoms with Gasteiger partial charge in [-0.3, -0.25) is 4.79 Å². The van der Waals surface area contributed by atoms with Gasteiger partial charge in [0.05, 0.1) is 6.26 Å². The maximum Gasteiger partial charge on any atom is 0.238 e. The largest absolute Gasteiger partial charge is 0.508 e. The number of nitrogens with zero attached hydrogens (tertiary/aromatic N) is 1. The summed E-state index contributed by atoms with van der Waals surface area (Å²) in [6, 6.07) is 11.2. The fourth-order valence-electron chi connectivity index (χ4n) is 1.47. The number of carbonyl (C=O) groups excluding carboxylic acids is 1. The summed E-state index contributed by atoms with van der Waals surface area (Å²) in [6.07, 6.45) is 2.78. The monoisotopic (exact) mass is 239 g/mol. The van der Waals surface area contributed by atoms with Gasteiger partial charge in [0, 0.05) is 0 Å². The average Bonchev–Trinajstić information content (AvgIpc) is 2.89. The highest BCUT2D eigenvalue weighted by Gasteiger charge is 2.14. The number of ketones is 1. The SMILES string of the molecule is N#C/C(=C\c1cccc(O)c1)C(=O)c1ccco1. The third-order valence-electron chi connectivity index (χ3n) is 2.29. The van der Waals surface area contributed by atoms with Gasteiger partial charge in [-0.15, -0.1) is 0 Å². The molecule has 1 heterocycles. The lowest BCUT2D eigenvalue weighted by Gasteiger charge is -1.97. The molecule has 0 amide bonds. The Labute approximate surface area is 103 Å². The number of hydrogen-bond acceptors (Lipinski definition) is 4. The van der Waals surface area contributed by atoms with Gasteiger partial charge >= 0.3 is 0 Å². The van der Waals surface area contributed by atoms with E-state index in [4.69, 9.17) is 9.68 Å². The molecular formula is C14H9NO3. The molecule has 0 bridgehead atoms. The lowest BCUT2D eigenvalue weighted by Crippen LogP contribution is -1.99. The first-order valence-corrected chi connectivity index (χ1v) is 5.20. The van der Waals surface area contributed by atoms with Crippen LogP contribution in [0.2, 0.25) is 0 Å². The van der Waals surface area contributed by atoms with E-state index >= 15 is 0 Å². The summed E-state index contributed by atoms with van der Waals surface area (Å²) in [7, 11) is 0. The Bertz CT molecular complexity index is 633. The van der Waals surface area contributed by atoms with Gasteiger partial charge in [0.1, 0.15) is 17.4 Å². The molecule has 0 saturated heterocycles. The summed E-state index contributed by atoms with van der Waals surface area (Å²) in [5.41, 5.74) is 0.530. The van der Waals surface area contributed by atoms with Crippen molar-refractivity contribution < 1.29 is 14.3 Å². The van der Waals surface area contributed by atoms with Crippen LogP contribution in [0.3, 0.4) is 0 Å². The molecule has 2 aromatic rings. The van der Waals surface area contributed by atoms with Crippen molar-refractivity contribution in [2.75, 3.05) is 0 Å². The molecular weight excluding hydrogens is 230 g/mol. The summed E-state index contributed by atoms with van der Waals surface area (Å²) in [5.74, 6) is -0.291. The Morgan fingerprint density at radius 2 is 2.17 bits per heavy atom. The molecule has 0 unspecified atom stereocenters. The molecule has 0 atom stereocenters. The molecule has 88 valence electrons. The quantitative estimate of drug-likeness (QED) is 0.507. The highest BCUT2D eigenvalue weighted by atomic mass is 16.3. The van der Waals surface area contributed by atoms with Crippen LogP contribution in [0.5, 0.6) is 5.75 Å². The van der Waals surface area contributed by atoms with Crippen LogP contribution in [0.25, 0.3) is 6.08 Å². The van der Waals surface area contributed by atoms with Crippen molar-refractivity contribution in [3.63, 3.8) is 0 Å². The predicted octanol–water partition coefficient (Wildman–Crippen LogP) is 2.78. The second-order valence-electron chi connectivity index (χ2n) is 3.57. The van der Waals surface area contributed by atoms with Crippen molar-refractivity contribution in [2.24, 2.45) is 0 Å². The van der Waals surface area contributed by atoms with Crippen LogP contribution in [0.15, 0.2) is 52.7 Å². The van der Waals surface area contributed by atoms with Gasteiger partial charge in [-0.25, -0.2) is 0 Å². The topological polar surface area (TPSA) is 74.2 Å². The van der Waals surface area contributed by atoms with Crippen LogP contribution < -0.4 is 0 Å². The number of nitriles is 1. The zero-order valence-electron chi connectivity index (χ0n) is 9.33. The van der Waals surface area contributed by atoms with E-state index in [-0.39, 0.29) is 17.1 Å². The van der Waals surface area contributed by atoms with Crippen molar-refractivity contribution in [3.8, 4) is 11.8 Å². The Morgan fingerprint density at radius 3 is 2.78 bits per heavy atom. The first kappa shape index (κ1) is 11.7. The van der Waals surface area contributed by atoms with Crippen molar-refractivity contribution in [3.05, 3.63) is 59.6 Å². The number of allylic oxidation sites excluding steroid dienone is 1. The van der Waals surface area contributed by atoms with E-state index in [2.05, 4.69) is 0 Å². The summed E-state index contributed by atoms with van der Waals surface area (Å²) in [5, 5.41) is 18.3. The van der Waals surface area contributed by atoms with E-state index < -0.39 is 5.78 Å². The zero-order chi connectivity index (χ0) is 13.0. The lowest BCUT2D eigenvalue weighted by atomic mass is 10.1. The highest BCUT2D eigenvalue weighted by molar-refractivity contribution is 6.12. The number of hydrogen-bond donors (Lipinski definition) is 1. The van der Waals surface area contributed by atoms with E-state index in [0.29, 0.717) is 5.56 Å². The average molecular weight is 239 g/mol. The van der Waals surface area contributed by atoms with Gasteiger partial charge in [0.2, 0.25) is 5.78 Å². The molecule has 4 heteroatoms. The fourth-order valence-corrected chi connectivity index (χ4v) is 1.47. The molecule has 1 aromatic carbocycles. The second kappa shape index (κ2) is 5.02. The molecule has 0 aliphatic heterocycles. The Morgan fingerprint density at radius 1 is 1.33 bits per heavy atom. The molecule has 1 N–H and O–H groups in total. The highest BCUT2D eigenvalue weighted by Crippen LogP contribution is 2.16. The molecule has 1 aromatic heterocycles. The molecule has 0 saturated carbocycles. The summed E-state index contributed by atoms with van der Waals surface area (Å²) < 4.78 is 4.95. The molecule has 0 spiro atoms. The van der Waals surface area contributed by atoms with Crippen LogP contribution in [-0.4, -0.2) is 10.9 Å². The van der Waals surface area contributed by atoms with E-state index in [1.165, 1.54) is 30.5 Å². The minimum atomic E-state index is -0.481. The third kappa shape index (κ3) is 2.47. The maximum absolute atomic E-state index is 11.9. The van der Waals surface area contributed by atoms with Gasteiger partial charge < -0.3 is 9.52 Å². The van der Waals surface area contributed by atoms with Gasteiger partial charge in [-0.05, 0) is 35.9 Å². The summed E-state index contributed by atoms with van der Waals surface area (Å²) in [6.45, 7) is 0. The van der Waals surface area contributed by atoms with Crippen molar-refractivity contribution in [1.29, 1.82) is 5.26 Å². The third-order valence-corrected chi connectivity index (χ3v) is 2.29. The van der Waals surface area contributed by atoms with Crippen molar-refractivity contribution >= 4 is 11.9 Å². The standard InChI is InChI=1S/C14H9NO3/c15-9-11(14(17)13-5-2-6-18-13)7-10-3-1-4-12(16)8-10/h1-8,16H/b11-7+. The molecule has 2 rings (SSSR count). The number of carbonyl (C=O) groups is 1. The molecule has 18 heavy (non-hydrogen) atoms. The Balaban J connectivity index is 2.35. The van der Waals surface area contributed by atoms with Gasteiger partial charge in [0.25, 0.3) is 0 Å². The molecule has 4 nitrogen and oxygen atoms in total. The number of rotatable bonds is 3. The normalized spacial score (nSPS) is 10.9. The van der Waals surface area contributed by atoms with Gasteiger partial charge in [-0.1, -0.05) is 12.1 Å². The minimum Gasteiger partial charge on any atom is -0.508 e. The molecule has 0 aliphatic rings. The van der Waals surface area contributed by atoms with Crippen LogP contribution in [-0.2, 0) is 0 Å². The number of Topliss-reactive ketones (excluding diaryl/α,β-unsaturated/α-hetero) is 1.